The quantitative estimate of drug-likeness (QED) is 0.484. The van der Waals surface area contributed by atoms with Crippen molar-refractivity contribution >= 4 is 17.5 Å². The normalized spacial score (nSPS) is 21.1. The number of Topliss-reactive ketones (excluding diaryl/α,β-unsaturated/α-hetero) is 2. The Bertz CT molecular complexity index is 1130. The van der Waals surface area contributed by atoms with E-state index in [2.05, 4.69) is 39.5 Å². The highest BCUT2D eigenvalue weighted by atomic mass is 16.5. The molecule has 0 spiro atoms. The highest BCUT2D eigenvalue weighted by Gasteiger charge is 2.48. The molecule has 0 aromatic heterocycles. The number of allylic oxidation sites excluding steroid dienone is 4. The van der Waals surface area contributed by atoms with Crippen molar-refractivity contribution in [2.45, 2.75) is 79.6 Å². The topological polar surface area (TPSA) is 93.1 Å². The van der Waals surface area contributed by atoms with Crippen molar-refractivity contribution < 1.29 is 29.0 Å². The first-order chi connectivity index (χ1) is 17.4. The van der Waals surface area contributed by atoms with Crippen LogP contribution in [0.15, 0.2) is 40.7 Å². The summed E-state index contributed by atoms with van der Waals surface area (Å²) in [5.74, 6) is -0.638. The van der Waals surface area contributed by atoms with Crippen molar-refractivity contribution in [1.82, 2.24) is 4.90 Å². The van der Waals surface area contributed by atoms with Crippen LogP contribution >= 0.6 is 0 Å². The summed E-state index contributed by atoms with van der Waals surface area (Å²) in [5, 5.41) is 9.07. The van der Waals surface area contributed by atoms with Crippen LogP contribution in [0.1, 0.15) is 85.1 Å². The zero-order valence-corrected chi connectivity index (χ0v) is 22.9. The predicted octanol–water partition coefficient (Wildman–Crippen LogP) is 5.64. The Balaban J connectivity index is 1.93. The van der Waals surface area contributed by atoms with Gasteiger partial charge in [-0.3, -0.25) is 9.59 Å². The van der Waals surface area contributed by atoms with Crippen LogP contribution in [0.5, 0.6) is 11.5 Å². The van der Waals surface area contributed by atoms with E-state index in [0.717, 1.165) is 53.9 Å². The van der Waals surface area contributed by atoms with Crippen LogP contribution in [-0.4, -0.2) is 47.3 Å². The van der Waals surface area contributed by atoms with E-state index in [1.54, 1.807) is 6.07 Å². The summed E-state index contributed by atoms with van der Waals surface area (Å²) in [6.07, 6.45) is 3.32. The van der Waals surface area contributed by atoms with Crippen molar-refractivity contribution in [3.05, 3.63) is 46.3 Å². The Kier molecular flexibility index (Phi) is 7.28. The number of hydrogen-bond acceptors (Lipinski definition) is 6. The van der Waals surface area contributed by atoms with Gasteiger partial charge in [-0.1, -0.05) is 40.7 Å². The molecule has 0 atom stereocenters. The Morgan fingerprint density at radius 3 is 1.97 bits per heavy atom. The lowest BCUT2D eigenvalue weighted by Crippen LogP contribution is -2.44. The van der Waals surface area contributed by atoms with Crippen LogP contribution in [0.4, 0.5) is 0 Å². The van der Waals surface area contributed by atoms with E-state index in [0.29, 0.717) is 30.9 Å². The molecule has 37 heavy (non-hydrogen) atoms. The first-order valence-electron chi connectivity index (χ1n) is 13.3. The fourth-order valence-electron chi connectivity index (χ4n) is 6.11. The molecule has 1 heterocycles. The third-order valence-electron chi connectivity index (χ3n) is 7.42. The largest absolute Gasteiger partial charge is 0.490 e. The number of carboxylic acids is 1. The molecule has 1 N–H and O–H groups in total. The van der Waals surface area contributed by atoms with Crippen LogP contribution in [0.2, 0.25) is 0 Å². The lowest BCUT2D eigenvalue weighted by Gasteiger charge is -2.49. The summed E-state index contributed by atoms with van der Waals surface area (Å²) in [5.41, 5.74) is 4.00. The van der Waals surface area contributed by atoms with Gasteiger partial charge in [-0.05, 0) is 54.7 Å². The third-order valence-corrected chi connectivity index (χ3v) is 7.42. The molecule has 2 aliphatic carbocycles. The summed E-state index contributed by atoms with van der Waals surface area (Å²) in [6.45, 7) is 13.2. The van der Waals surface area contributed by atoms with Crippen LogP contribution in [0.3, 0.4) is 0 Å². The van der Waals surface area contributed by atoms with E-state index in [1.165, 1.54) is 0 Å². The van der Waals surface area contributed by atoms with Crippen molar-refractivity contribution in [2.24, 2.45) is 10.8 Å². The Morgan fingerprint density at radius 1 is 0.919 bits per heavy atom. The van der Waals surface area contributed by atoms with Gasteiger partial charge in [0.1, 0.15) is 0 Å². The number of benzene rings is 1. The van der Waals surface area contributed by atoms with Gasteiger partial charge < -0.3 is 19.5 Å². The molecule has 0 amide bonds. The molecule has 0 unspecified atom stereocenters. The molecule has 0 bridgehead atoms. The third kappa shape index (κ3) is 5.32. The number of rotatable bonds is 8. The fourth-order valence-corrected chi connectivity index (χ4v) is 6.11. The average Bonchev–Trinajstić information content (AvgIpc) is 2.77. The van der Waals surface area contributed by atoms with E-state index in [1.807, 2.05) is 19.1 Å². The molecule has 3 aliphatic rings. The van der Waals surface area contributed by atoms with Crippen LogP contribution in [0.25, 0.3) is 0 Å². The van der Waals surface area contributed by atoms with E-state index in [-0.39, 0.29) is 22.4 Å². The molecule has 4 rings (SSSR count). The highest BCUT2D eigenvalue weighted by molar-refractivity contribution is 6.06. The molecular formula is C30H39NO6. The maximum Gasteiger partial charge on any atom is 0.341 e. The van der Waals surface area contributed by atoms with E-state index in [4.69, 9.17) is 14.6 Å². The summed E-state index contributed by atoms with van der Waals surface area (Å²) in [4.78, 5) is 41.0. The second kappa shape index (κ2) is 9.99. The molecule has 0 saturated carbocycles. The number of nitrogens with zero attached hydrogens (tertiary/aromatic N) is 1. The number of carbonyl (C=O) groups is 3. The highest BCUT2D eigenvalue weighted by Crippen LogP contribution is 2.54. The number of aliphatic carboxylic acids is 1. The van der Waals surface area contributed by atoms with E-state index < -0.39 is 18.5 Å². The van der Waals surface area contributed by atoms with Gasteiger partial charge in [-0.2, -0.15) is 0 Å². The molecular weight excluding hydrogens is 470 g/mol. The standard InChI is InChI=1S/C30H39NO6/c1-7-11-31-19-13-29(3,4)15-21(32)27(19)26(28-20(31)14-30(5,6)16-22(28)33)18-9-10-23(37-17-25(34)35)24(12-18)36-8-2/h9-10,12,26H,7-8,11,13-17H2,1-6H3,(H,34,35). The van der Waals surface area contributed by atoms with E-state index >= 15 is 0 Å². The van der Waals surface area contributed by atoms with Gasteiger partial charge in [0, 0.05) is 47.8 Å². The minimum atomic E-state index is -1.08. The lowest BCUT2D eigenvalue weighted by molar-refractivity contribution is -0.139. The molecule has 1 aliphatic heterocycles. The molecule has 0 radical (unpaired) electrons. The average molecular weight is 510 g/mol. The molecule has 7 heteroatoms. The number of ketones is 2. The first-order valence-corrected chi connectivity index (χ1v) is 13.3. The number of ether oxygens (including phenoxy) is 2. The maximum absolute atomic E-state index is 13.8. The van der Waals surface area contributed by atoms with Crippen LogP contribution in [0, 0.1) is 10.8 Å². The summed E-state index contributed by atoms with van der Waals surface area (Å²) in [7, 11) is 0. The Morgan fingerprint density at radius 2 is 1.49 bits per heavy atom. The molecule has 0 fully saturated rings. The number of hydrogen-bond donors (Lipinski definition) is 1. The van der Waals surface area contributed by atoms with Crippen molar-refractivity contribution in [3.8, 4) is 11.5 Å². The van der Waals surface area contributed by atoms with Crippen LogP contribution in [-0.2, 0) is 14.4 Å². The molecule has 1 aromatic rings. The lowest BCUT2D eigenvalue weighted by atomic mass is 9.63. The van der Waals surface area contributed by atoms with Gasteiger partial charge in [0.25, 0.3) is 0 Å². The van der Waals surface area contributed by atoms with Gasteiger partial charge in [0.2, 0.25) is 0 Å². The van der Waals surface area contributed by atoms with Gasteiger partial charge in [0.05, 0.1) is 6.61 Å². The van der Waals surface area contributed by atoms with Crippen molar-refractivity contribution in [2.75, 3.05) is 19.8 Å². The minimum Gasteiger partial charge on any atom is -0.490 e. The second-order valence-electron chi connectivity index (χ2n) is 12.0. The second-order valence-corrected chi connectivity index (χ2v) is 12.0. The summed E-state index contributed by atoms with van der Waals surface area (Å²) in [6, 6.07) is 5.35. The molecule has 7 nitrogen and oxygen atoms in total. The monoisotopic (exact) mass is 509 g/mol. The Labute approximate surface area is 219 Å². The fraction of sp³-hybridized carbons (Fsp3) is 0.567. The summed E-state index contributed by atoms with van der Waals surface area (Å²) >= 11 is 0. The number of carboxylic acid groups (broad SMARTS) is 1. The first kappa shape index (κ1) is 27.0. The van der Waals surface area contributed by atoms with Gasteiger partial charge in [0.15, 0.2) is 29.7 Å². The zero-order valence-electron chi connectivity index (χ0n) is 22.9. The summed E-state index contributed by atoms with van der Waals surface area (Å²) < 4.78 is 11.3. The minimum absolute atomic E-state index is 0.0886. The number of carbonyl (C=O) groups excluding carboxylic acids is 2. The molecule has 200 valence electrons. The Hall–Kier alpha value is -3.09. The van der Waals surface area contributed by atoms with E-state index in [9.17, 15) is 14.4 Å². The smallest absolute Gasteiger partial charge is 0.341 e. The molecule has 1 aromatic carbocycles. The van der Waals surface area contributed by atoms with Gasteiger partial charge in [-0.25, -0.2) is 4.79 Å². The van der Waals surface area contributed by atoms with Crippen molar-refractivity contribution in [1.29, 1.82) is 0 Å². The van der Waals surface area contributed by atoms with Crippen molar-refractivity contribution in [3.63, 3.8) is 0 Å². The zero-order chi connectivity index (χ0) is 27.1. The van der Waals surface area contributed by atoms with Crippen LogP contribution < -0.4 is 9.47 Å². The van der Waals surface area contributed by atoms with Gasteiger partial charge in [-0.15, -0.1) is 0 Å². The molecule has 0 saturated heterocycles. The maximum atomic E-state index is 13.8. The SMILES string of the molecule is CCCN1C2=C(C(=O)CC(C)(C)C2)C(c2ccc(OCC(=O)O)c(OCC)c2)C2=C1CC(C)(C)CC2=O. The van der Waals surface area contributed by atoms with Gasteiger partial charge >= 0.3 is 5.97 Å². The predicted molar refractivity (Wildman–Crippen MR) is 141 cm³/mol.